The predicted octanol–water partition coefficient (Wildman–Crippen LogP) is 3.41. The van der Waals surface area contributed by atoms with Crippen molar-refractivity contribution in [3.63, 3.8) is 0 Å². The van der Waals surface area contributed by atoms with E-state index < -0.39 is 29.8 Å². The van der Waals surface area contributed by atoms with E-state index in [1.54, 1.807) is 6.92 Å². The number of carbonyl (C=O) groups is 3. The average Bonchev–Trinajstić information content (AvgIpc) is 2.81. The lowest BCUT2D eigenvalue weighted by atomic mass is 9.93. The first-order valence-electron chi connectivity index (χ1n) is 12.0. The second kappa shape index (κ2) is 10.9. The maximum Gasteiger partial charge on any atom is 0.416 e. The van der Waals surface area contributed by atoms with Crippen molar-refractivity contribution in [2.75, 3.05) is 39.8 Å². The molecule has 1 fully saturated rings. The number of rotatable bonds is 6. The van der Waals surface area contributed by atoms with E-state index in [9.17, 15) is 27.6 Å². The minimum atomic E-state index is -4.50. The Hall–Kier alpha value is -3.08. The second-order valence-corrected chi connectivity index (χ2v) is 9.41. The molecule has 0 aliphatic carbocycles. The Labute approximate surface area is 209 Å². The van der Waals surface area contributed by atoms with Gasteiger partial charge >= 0.3 is 18.2 Å². The van der Waals surface area contributed by atoms with E-state index in [0.29, 0.717) is 30.9 Å². The number of likely N-dealkylation sites (N-methyl/N-ethyl adjacent to an activating group) is 1. The first kappa shape index (κ1) is 27.5. The Balaban J connectivity index is 1.95. The van der Waals surface area contributed by atoms with Gasteiger partial charge in [0.25, 0.3) is 0 Å². The molecule has 8 nitrogen and oxygen atoms in total. The molecule has 0 radical (unpaired) electrons. The Kier molecular flexibility index (Phi) is 8.33. The van der Waals surface area contributed by atoms with Gasteiger partial charge in [-0.2, -0.15) is 13.2 Å². The molecule has 0 unspecified atom stereocenters. The fourth-order valence-corrected chi connectivity index (χ4v) is 4.56. The number of esters is 1. The van der Waals surface area contributed by atoms with Crippen molar-refractivity contribution < 1.29 is 32.3 Å². The number of halogens is 3. The van der Waals surface area contributed by atoms with Gasteiger partial charge in [0, 0.05) is 50.9 Å². The minimum Gasteiger partial charge on any atom is -0.463 e. The summed E-state index contributed by atoms with van der Waals surface area (Å²) in [6.45, 7) is 9.26. The lowest BCUT2D eigenvalue weighted by Gasteiger charge is -2.42. The molecule has 1 aromatic carbocycles. The van der Waals surface area contributed by atoms with Crippen LogP contribution >= 0.6 is 0 Å². The average molecular weight is 511 g/mol. The summed E-state index contributed by atoms with van der Waals surface area (Å²) in [7, 11) is 1.54. The predicted molar refractivity (Wildman–Crippen MR) is 127 cm³/mol. The SMILES string of the molecule is CCOC(=O)C1=C(CN2CCN(C(=O)C(C)C)[C@@H](C)C2)N(C)C(=O)N[C@H]1c1ccc(C(F)(F)F)cc1. The number of alkyl halides is 3. The van der Waals surface area contributed by atoms with E-state index in [2.05, 4.69) is 10.2 Å². The molecule has 0 spiro atoms. The fraction of sp³-hybridized carbons (Fsp3) is 0.560. The molecule has 2 heterocycles. The topological polar surface area (TPSA) is 82.2 Å². The molecule has 2 atom stereocenters. The Bertz CT molecular complexity index is 1020. The van der Waals surface area contributed by atoms with Crippen LogP contribution in [0.5, 0.6) is 0 Å². The van der Waals surface area contributed by atoms with Crippen LogP contribution in [-0.2, 0) is 20.5 Å². The van der Waals surface area contributed by atoms with Crippen molar-refractivity contribution in [3.05, 3.63) is 46.7 Å². The minimum absolute atomic E-state index is 0.0614. The highest BCUT2D eigenvalue weighted by Crippen LogP contribution is 2.34. The van der Waals surface area contributed by atoms with Crippen molar-refractivity contribution in [2.45, 2.75) is 46.0 Å². The highest BCUT2D eigenvalue weighted by molar-refractivity contribution is 5.95. The van der Waals surface area contributed by atoms with Gasteiger partial charge in [0.2, 0.25) is 5.91 Å². The van der Waals surface area contributed by atoms with Gasteiger partial charge in [-0.25, -0.2) is 9.59 Å². The summed E-state index contributed by atoms with van der Waals surface area (Å²) in [6.07, 6.45) is -4.50. The molecule has 2 aliphatic rings. The molecule has 11 heteroatoms. The van der Waals surface area contributed by atoms with Gasteiger partial charge in [-0.3, -0.25) is 14.6 Å². The van der Waals surface area contributed by atoms with E-state index in [1.165, 1.54) is 24.1 Å². The molecular weight excluding hydrogens is 477 g/mol. The first-order valence-corrected chi connectivity index (χ1v) is 12.0. The van der Waals surface area contributed by atoms with Gasteiger partial charge in [0.15, 0.2) is 0 Å². The zero-order valence-electron chi connectivity index (χ0n) is 21.2. The van der Waals surface area contributed by atoms with Gasteiger partial charge in [0.1, 0.15) is 0 Å². The lowest BCUT2D eigenvalue weighted by Crippen LogP contribution is -2.56. The smallest absolute Gasteiger partial charge is 0.416 e. The zero-order valence-corrected chi connectivity index (χ0v) is 21.2. The summed E-state index contributed by atoms with van der Waals surface area (Å²) in [4.78, 5) is 43.7. The van der Waals surface area contributed by atoms with Crippen LogP contribution in [0, 0.1) is 5.92 Å². The van der Waals surface area contributed by atoms with E-state index in [-0.39, 0.29) is 36.6 Å². The van der Waals surface area contributed by atoms with E-state index in [1.807, 2.05) is 25.7 Å². The Morgan fingerprint density at radius 2 is 1.81 bits per heavy atom. The number of urea groups is 1. The van der Waals surface area contributed by atoms with Gasteiger partial charge in [-0.05, 0) is 31.5 Å². The number of hydrogen-bond acceptors (Lipinski definition) is 5. The van der Waals surface area contributed by atoms with Crippen LogP contribution in [0.2, 0.25) is 0 Å². The summed E-state index contributed by atoms with van der Waals surface area (Å²) in [5.74, 6) is -0.689. The third-order valence-corrected chi connectivity index (χ3v) is 6.51. The highest BCUT2D eigenvalue weighted by Gasteiger charge is 2.39. The maximum atomic E-state index is 13.1. The van der Waals surface area contributed by atoms with Gasteiger partial charge in [-0.1, -0.05) is 26.0 Å². The number of hydrogen-bond donors (Lipinski definition) is 1. The van der Waals surface area contributed by atoms with Crippen molar-refractivity contribution in [1.82, 2.24) is 20.0 Å². The van der Waals surface area contributed by atoms with Gasteiger partial charge in [-0.15, -0.1) is 0 Å². The van der Waals surface area contributed by atoms with Crippen molar-refractivity contribution in [2.24, 2.45) is 5.92 Å². The molecule has 3 amide bonds. The van der Waals surface area contributed by atoms with Crippen LogP contribution in [0.3, 0.4) is 0 Å². The van der Waals surface area contributed by atoms with Crippen LogP contribution in [0.15, 0.2) is 35.5 Å². The molecule has 1 saturated heterocycles. The summed E-state index contributed by atoms with van der Waals surface area (Å²) >= 11 is 0. The van der Waals surface area contributed by atoms with Gasteiger partial charge in [0.05, 0.1) is 23.8 Å². The Morgan fingerprint density at radius 3 is 2.33 bits per heavy atom. The zero-order chi connectivity index (χ0) is 26.8. The lowest BCUT2D eigenvalue weighted by molar-refractivity contribution is -0.139. The third-order valence-electron chi connectivity index (χ3n) is 6.51. The summed E-state index contributed by atoms with van der Waals surface area (Å²) in [6, 6.07) is 2.86. The van der Waals surface area contributed by atoms with Crippen LogP contribution in [0.1, 0.15) is 44.9 Å². The van der Waals surface area contributed by atoms with Crippen LogP contribution in [-0.4, -0.2) is 78.5 Å². The molecule has 1 aromatic rings. The van der Waals surface area contributed by atoms with Crippen LogP contribution in [0.25, 0.3) is 0 Å². The standard InChI is InChI=1S/C25H33F3N4O4/c1-6-36-23(34)20-19(14-31-11-12-32(16(4)13-31)22(33)15(2)3)30(5)24(35)29-21(20)17-7-9-18(10-8-17)25(26,27)28/h7-10,15-16,21H,6,11-14H2,1-5H3,(H,29,35)/t16-,21-/m0/s1. The van der Waals surface area contributed by atoms with E-state index in [0.717, 1.165) is 12.1 Å². The number of piperazine rings is 1. The largest absolute Gasteiger partial charge is 0.463 e. The summed E-state index contributed by atoms with van der Waals surface area (Å²) in [5, 5.41) is 2.72. The molecule has 2 aliphatic heterocycles. The number of nitrogens with one attached hydrogen (secondary N) is 1. The molecule has 36 heavy (non-hydrogen) atoms. The fourth-order valence-electron chi connectivity index (χ4n) is 4.56. The summed E-state index contributed by atoms with van der Waals surface area (Å²) < 4.78 is 44.5. The first-order chi connectivity index (χ1) is 16.8. The molecule has 0 aromatic heterocycles. The molecule has 0 bridgehead atoms. The van der Waals surface area contributed by atoms with Crippen LogP contribution in [0.4, 0.5) is 18.0 Å². The number of ether oxygens (including phenoxy) is 1. The van der Waals surface area contributed by atoms with E-state index in [4.69, 9.17) is 4.74 Å². The second-order valence-electron chi connectivity index (χ2n) is 9.41. The normalized spacial score (nSPS) is 21.6. The molecule has 198 valence electrons. The van der Waals surface area contributed by atoms with Crippen LogP contribution < -0.4 is 5.32 Å². The van der Waals surface area contributed by atoms with Crippen molar-refractivity contribution in [1.29, 1.82) is 0 Å². The van der Waals surface area contributed by atoms with Crippen molar-refractivity contribution in [3.8, 4) is 0 Å². The number of amides is 3. The maximum absolute atomic E-state index is 13.1. The number of nitrogens with zero attached hydrogens (tertiary/aromatic N) is 3. The van der Waals surface area contributed by atoms with E-state index >= 15 is 0 Å². The molecule has 0 saturated carbocycles. The number of benzene rings is 1. The quantitative estimate of drug-likeness (QED) is 0.594. The molecular formula is C25H33F3N4O4. The third kappa shape index (κ3) is 5.83. The highest BCUT2D eigenvalue weighted by atomic mass is 19.4. The monoisotopic (exact) mass is 510 g/mol. The van der Waals surface area contributed by atoms with Gasteiger partial charge < -0.3 is 15.0 Å². The number of carbonyl (C=O) groups excluding carboxylic acids is 3. The molecule has 1 N–H and O–H groups in total. The Morgan fingerprint density at radius 1 is 1.17 bits per heavy atom. The summed E-state index contributed by atoms with van der Waals surface area (Å²) in [5.41, 5.74) is 0.103. The van der Waals surface area contributed by atoms with Crippen molar-refractivity contribution >= 4 is 17.9 Å². The molecule has 3 rings (SSSR count).